The maximum atomic E-state index is 11.8. The summed E-state index contributed by atoms with van der Waals surface area (Å²) in [6.45, 7) is 9.90. The van der Waals surface area contributed by atoms with E-state index in [1.54, 1.807) is 0 Å². The van der Waals surface area contributed by atoms with Gasteiger partial charge in [0.25, 0.3) is 0 Å². The summed E-state index contributed by atoms with van der Waals surface area (Å²) in [4.78, 5) is 18.5. The van der Waals surface area contributed by atoms with Crippen LogP contribution in [0.25, 0.3) is 0 Å². The van der Waals surface area contributed by atoms with Gasteiger partial charge in [-0.15, -0.1) is 0 Å². The molecule has 94 valence electrons. The topological polar surface area (TPSA) is 32.7 Å². The van der Waals surface area contributed by atoms with E-state index in [-0.39, 0.29) is 17.4 Å². The number of carbonyl (C=O) groups excluding carboxylic acids is 1. The Hall–Kier alpha value is -0.700. The monoisotopic (exact) mass is 226 g/mol. The molecule has 0 aliphatic heterocycles. The lowest BCUT2D eigenvalue weighted by Crippen LogP contribution is -2.27. The normalized spacial score (nSPS) is 15.4. The Bertz CT molecular complexity index is 262. The van der Waals surface area contributed by atoms with Gasteiger partial charge in [0.15, 0.2) is 0 Å². The Balaban J connectivity index is 4.51. The summed E-state index contributed by atoms with van der Waals surface area (Å²) in [5.41, 5.74) is 0.664. The summed E-state index contributed by atoms with van der Waals surface area (Å²) in [6.07, 6.45) is 1.62. The van der Waals surface area contributed by atoms with Crippen LogP contribution in [-0.4, -0.2) is 36.7 Å². The predicted octanol–water partition coefficient (Wildman–Crippen LogP) is 2.75. The molecule has 3 nitrogen and oxygen atoms in total. The second-order valence-electron chi connectivity index (χ2n) is 5.57. The smallest absolute Gasteiger partial charge is 0.143 e. The average Bonchev–Trinajstić information content (AvgIpc) is 2.11. The minimum absolute atomic E-state index is 0.188. The molecule has 0 fully saturated rings. The molecular formula is C13H26N2O. The van der Waals surface area contributed by atoms with E-state index < -0.39 is 0 Å². The molecule has 0 heterocycles. The average molecular weight is 226 g/mol. The van der Waals surface area contributed by atoms with Gasteiger partial charge in [-0.3, -0.25) is 14.7 Å². The van der Waals surface area contributed by atoms with Crippen molar-refractivity contribution in [2.75, 3.05) is 14.1 Å². The van der Waals surface area contributed by atoms with Gasteiger partial charge < -0.3 is 0 Å². The third kappa shape index (κ3) is 5.40. The van der Waals surface area contributed by atoms with Crippen LogP contribution in [0.15, 0.2) is 4.99 Å². The fourth-order valence-electron chi connectivity index (χ4n) is 1.37. The molecule has 0 saturated heterocycles. The van der Waals surface area contributed by atoms with Crippen molar-refractivity contribution in [2.24, 2.45) is 10.4 Å². The highest BCUT2D eigenvalue weighted by molar-refractivity contribution is 6.02. The van der Waals surface area contributed by atoms with Gasteiger partial charge in [-0.1, -0.05) is 27.7 Å². The van der Waals surface area contributed by atoms with Crippen LogP contribution in [-0.2, 0) is 4.79 Å². The molecule has 0 spiro atoms. The molecular weight excluding hydrogens is 200 g/mol. The van der Waals surface area contributed by atoms with Crippen LogP contribution in [0.3, 0.4) is 0 Å². The number of carbonyl (C=O) groups is 1. The van der Waals surface area contributed by atoms with Gasteiger partial charge in [-0.2, -0.15) is 0 Å². The van der Waals surface area contributed by atoms with Crippen molar-refractivity contribution >= 4 is 11.5 Å². The zero-order valence-corrected chi connectivity index (χ0v) is 11.8. The van der Waals surface area contributed by atoms with Crippen molar-refractivity contribution in [1.29, 1.82) is 0 Å². The number of aliphatic imine (C=N–C) groups is 1. The highest BCUT2D eigenvalue weighted by atomic mass is 16.1. The summed E-state index contributed by atoms with van der Waals surface area (Å²) in [7, 11) is 4.02. The molecule has 0 saturated carbocycles. The largest absolute Gasteiger partial charge is 0.299 e. The summed E-state index contributed by atoms with van der Waals surface area (Å²) in [5.74, 6) is 0.252. The Morgan fingerprint density at radius 2 is 1.81 bits per heavy atom. The van der Waals surface area contributed by atoms with Crippen molar-refractivity contribution in [1.82, 2.24) is 4.90 Å². The van der Waals surface area contributed by atoms with Gasteiger partial charge in [0.05, 0.1) is 0 Å². The van der Waals surface area contributed by atoms with E-state index in [4.69, 9.17) is 0 Å². The van der Waals surface area contributed by atoms with Crippen LogP contribution < -0.4 is 0 Å². The molecule has 0 N–H and O–H groups in total. The molecule has 0 amide bonds. The molecule has 0 radical (unpaired) electrons. The first-order chi connectivity index (χ1) is 7.18. The second kappa shape index (κ2) is 6.14. The SMILES string of the molecule is CCC(/N=C(\C)CC(=O)C(C)(C)C)N(C)C. The van der Waals surface area contributed by atoms with Crippen LogP contribution >= 0.6 is 0 Å². The lowest BCUT2D eigenvalue weighted by Gasteiger charge is -2.21. The molecule has 0 aliphatic carbocycles. The van der Waals surface area contributed by atoms with Crippen molar-refractivity contribution in [2.45, 2.75) is 53.6 Å². The molecule has 0 aromatic carbocycles. The zero-order chi connectivity index (χ0) is 12.9. The molecule has 0 aliphatic rings. The fourth-order valence-corrected chi connectivity index (χ4v) is 1.37. The number of Topliss-reactive ketones (excluding diaryl/α,β-unsaturated/α-hetero) is 1. The zero-order valence-electron chi connectivity index (χ0n) is 11.8. The van der Waals surface area contributed by atoms with Crippen LogP contribution in [0, 0.1) is 5.41 Å². The number of hydrogen-bond donors (Lipinski definition) is 0. The molecule has 0 bridgehead atoms. The Morgan fingerprint density at radius 3 is 2.12 bits per heavy atom. The summed E-state index contributed by atoms with van der Waals surface area (Å²) in [5, 5.41) is 0. The molecule has 1 atom stereocenters. The van der Waals surface area contributed by atoms with Crippen molar-refractivity contribution in [3.05, 3.63) is 0 Å². The van der Waals surface area contributed by atoms with E-state index in [1.807, 2.05) is 41.8 Å². The van der Waals surface area contributed by atoms with Crippen molar-refractivity contribution < 1.29 is 4.79 Å². The molecule has 16 heavy (non-hydrogen) atoms. The van der Waals surface area contributed by atoms with Gasteiger partial charge in [0.1, 0.15) is 11.9 Å². The van der Waals surface area contributed by atoms with E-state index >= 15 is 0 Å². The third-order valence-corrected chi connectivity index (χ3v) is 2.58. The first-order valence-corrected chi connectivity index (χ1v) is 5.91. The minimum Gasteiger partial charge on any atom is -0.299 e. The Labute approximate surface area is 99.9 Å². The Morgan fingerprint density at radius 1 is 1.31 bits per heavy atom. The van der Waals surface area contributed by atoms with Gasteiger partial charge >= 0.3 is 0 Å². The minimum atomic E-state index is -0.267. The van der Waals surface area contributed by atoms with Gasteiger partial charge in [-0.05, 0) is 27.4 Å². The molecule has 0 aromatic rings. The van der Waals surface area contributed by atoms with Crippen LogP contribution in [0.4, 0.5) is 0 Å². The Kier molecular flexibility index (Phi) is 5.87. The first-order valence-electron chi connectivity index (χ1n) is 5.91. The van der Waals surface area contributed by atoms with Gasteiger partial charge in [0, 0.05) is 17.5 Å². The van der Waals surface area contributed by atoms with E-state index in [0.717, 1.165) is 12.1 Å². The molecule has 3 heteroatoms. The summed E-state index contributed by atoms with van der Waals surface area (Å²) < 4.78 is 0. The van der Waals surface area contributed by atoms with E-state index in [9.17, 15) is 4.79 Å². The number of rotatable bonds is 5. The highest BCUT2D eigenvalue weighted by Gasteiger charge is 2.21. The maximum Gasteiger partial charge on any atom is 0.143 e. The summed E-state index contributed by atoms with van der Waals surface area (Å²) >= 11 is 0. The van der Waals surface area contributed by atoms with E-state index in [2.05, 4.69) is 16.8 Å². The van der Waals surface area contributed by atoms with Crippen molar-refractivity contribution in [3.63, 3.8) is 0 Å². The lowest BCUT2D eigenvalue weighted by atomic mass is 9.88. The lowest BCUT2D eigenvalue weighted by molar-refractivity contribution is -0.125. The van der Waals surface area contributed by atoms with Crippen molar-refractivity contribution in [3.8, 4) is 0 Å². The van der Waals surface area contributed by atoms with Crippen LogP contribution in [0.1, 0.15) is 47.5 Å². The summed E-state index contributed by atoms with van der Waals surface area (Å²) in [6, 6.07) is 0. The number of ketones is 1. The van der Waals surface area contributed by atoms with E-state index in [0.29, 0.717) is 6.42 Å². The quantitative estimate of drug-likeness (QED) is 0.675. The van der Waals surface area contributed by atoms with Crippen LogP contribution in [0.2, 0.25) is 0 Å². The number of nitrogens with zero attached hydrogens (tertiary/aromatic N) is 2. The maximum absolute atomic E-state index is 11.8. The van der Waals surface area contributed by atoms with E-state index in [1.165, 1.54) is 0 Å². The highest BCUT2D eigenvalue weighted by Crippen LogP contribution is 2.17. The molecule has 0 aromatic heterocycles. The predicted molar refractivity (Wildman–Crippen MR) is 70.0 cm³/mol. The van der Waals surface area contributed by atoms with Gasteiger partial charge in [0.2, 0.25) is 0 Å². The van der Waals surface area contributed by atoms with Crippen LogP contribution in [0.5, 0.6) is 0 Å². The first kappa shape index (κ1) is 15.3. The second-order valence-corrected chi connectivity index (χ2v) is 5.57. The number of hydrogen-bond acceptors (Lipinski definition) is 3. The standard InChI is InChI=1S/C13H26N2O/c1-8-12(15(6)7)14-10(2)9-11(16)13(3,4)5/h12H,8-9H2,1-7H3/b14-10+. The fraction of sp³-hybridized carbons (Fsp3) is 0.846. The van der Waals surface area contributed by atoms with Gasteiger partial charge in [-0.25, -0.2) is 0 Å². The third-order valence-electron chi connectivity index (χ3n) is 2.58. The molecule has 0 rings (SSSR count). The molecule has 1 unspecified atom stereocenters.